The number of esters is 1. The second kappa shape index (κ2) is 7.36. The van der Waals surface area contributed by atoms with Gasteiger partial charge >= 0.3 is 17.9 Å². The SMILES string of the molecule is Nc1c(C(=O)O)ccc(C(=O)OCC2c3ccccc3-c3ccccc32)c1C(=O)O. The van der Waals surface area contributed by atoms with Crippen LogP contribution >= 0.6 is 0 Å². The van der Waals surface area contributed by atoms with Crippen molar-refractivity contribution in [2.24, 2.45) is 0 Å². The Balaban J connectivity index is 1.64. The number of carbonyl (C=O) groups excluding carboxylic acids is 1. The summed E-state index contributed by atoms with van der Waals surface area (Å²) >= 11 is 0. The number of hydrogen-bond acceptors (Lipinski definition) is 5. The summed E-state index contributed by atoms with van der Waals surface area (Å²) in [6.45, 7) is 0.00645. The molecule has 7 nitrogen and oxygen atoms in total. The molecule has 0 heterocycles. The normalized spacial score (nSPS) is 12.1. The first-order valence-electron chi connectivity index (χ1n) is 9.14. The highest BCUT2D eigenvalue weighted by atomic mass is 16.5. The van der Waals surface area contributed by atoms with E-state index in [0.29, 0.717) is 0 Å². The first-order chi connectivity index (χ1) is 14.4. The highest BCUT2D eigenvalue weighted by molar-refractivity contribution is 6.10. The number of carboxylic acid groups (broad SMARTS) is 2. The molecular formula is C23H17NO6. The second-order valence-electron chi connectivity index (χ2n) is 6.89. The molecule has 0 radical (unpaired) electrons. The van der Waals surface area contributed by atoms with Gasteiger partial charge in [0.1, 0.15) is 6.61 Å². The predicted molar refractivity (Wildman–Crippen MR) is 109 cm³/mol. The molecule has 0 aliphatic heterocycles. The number of benzene rings is 3. The van der Waals surface area contributed by atoms with E-state index in [1.165, 1.54) is 0 Å². The first kappa shape index (κ1) is 19.2. The van der Waals surface area contributed by atoms with Crippen molar-refractivity contribution in [2.75, 3.05) is 12.3 Å². The maximum Gasteiger partial charge on any atom is 0.339 e. The Hall–Kier alpha value is -4.13. The molecule has 1 aliphatic rings. The van der Waals surface area contributed by atoms with Crippen LogP contribution in [0.15, 0.2) is 60.7 Å². The zero-order chi connectivity index (χ0) is 21.4. The van der Waals surface area contributed by atoms with Gasteiger partial charge in [0, 0.05) is 5.92 Å². The van der Waals surface area contributed by atoms with Gasteiger partial charge in [-0.15, -0.1) is 0 Å². The summed E-state index contributed by atoms with van der Waals surface area (Å²) < 4.78 is 5.47. The van der Waals surface area contributed by atoms with Crippen molar-refractivity contribution in [1.29, 1.82) is 0 Å². The molecule has 0 atom stereocenters. The minimum atomic E-state index is -1.50. The van der Waals surface area contributed by atoms with E-state index in [4.69, 9.17) is 15.6 Å². The summed E-state index contributed by atoms with van der Waals surface area (Å²) in [5.74, 6) is -3.95. The van der Waals surface area contributed by atoms with E-state index in [2.05, 4.69) is 0 Å². The number of aromatic carboxylic acids is 2. The second-order valence-corrected chi connectivity index (χ2v) is 6.89. The van der Waals surface area contributed by atoms with E-state index in [9.17, 15) is 19.5 Å². The van der Waals surface area contributed by atoms with Crippen LogP contribution in [0.1, 0.15) is 48.1 Å². The number of carboxylic acids is 2. The topological polar surface area (TPSA) is 127 Å². The van der Waals surface area contributed by atoms with Crippen molar-refractivity contribution < 1.29 is 29.3 Å². The Bertz CT molecular complexity index is 1150. The summed E-state index contributed by atoms with van der Waals surface area (Å²) in [5.41, 5.74) is 8.13. The molecule has 0 fully saturated rings. The fraction of sp³-hybridized carbons (Fsp3) is 0.0870. The fourth-order valence-corrected chi connectivity index (χ4v) is 3.88. The lowest BCUT2D eigenvalue weighted by atomic mass is 9.98. The monoisotopic (exact) mass is 403 g/mol. The molecule has 0 bridgehead atoms. The maximum atomic E-state index is 12.7. The molecule has 3 aromatic carbocycles. The van der Waals surface area contributed by atoms with Gasteiger partial charge in [0.25, 0.3) is 0 Å². The summed E-state index contributed by atoms with van der Waals surface area (Å²) in [7, 11) is 0. The molecule has 0 aromatic heterocycles. The van der Waals surface area contributed by atoms with E-state index in [1.807, 2.05) is 48.5 Å². The van der Waals surface area contributed by atoms with Crippen molar-refractivity contribution >= 4 is 23.6 Å². The molecule has 0 spiro atoms. The number of nitrogen functional groups attached to an aromatic ring is 1. The molecule has 7 heteroatoms. The van der Waals surface area contributed by atoms with Gasteiger partial charge in [0.2, 0.25) is 0 Å². The first-order valence-corrected chi connectivity index (χ1v) is 9.14. The third-order valence-electron chi connectivity index (χ3n) is 5.25. The van der Waals surface area contributed by atoms with Crippen LogP contribution in [-0.4, -0.2) is 34.7 Å². The van der Waals surface area contributed by atoms with Crippen LogP contribution < -0.4 is 5.73 Å². The van der Waals surface area contributed by atoms with Gasteiger partial charge in [0.15, 0.2) is 0 Å². The molecule has 0 amide bonds. The molecule has 4 rings (SSSR count). The van der Waals surface area contributed by atoms with Crippen LogP contribution in [-0.2, 0) is 4.74 Å². The minimum Gasteiger partial charge on any atom is -0.478 e. The Labute approximate surface area is 171 Å². The van der Waals surface area contributed by atoms with E-state index in [0.717, 1.165) is 34.4 Å². The van der Waals surface area contributed by atoms with Crippen LogP contribution in [0.3, 0.4) is 0 Å². The van der Waals surface area contributed by atoms with Gasteiger partial charge in [-0.25, -0.2) is 14.4 Å². The van der Waals surface area contributed by atoms with Crippen molar-refractivity contribution in [3.63, 3.8) is 0 Å². The van der Waals surface area contributed by atoms with Crippen molar-refractivity contribution in [2.45, 2.75) is 5.92 Å². The van der Waals surface area contributed by atoms with E-state index in [-0.39, 0.29) is 23.7 Å². The van der Waals surface area contributed by atoms with Gasteiger partial charge in [0.05, 0.1) is 22.4 Å². The predicted octanol–water partition coefficient (Wildman–Crippen LogP) is 3.63. The van der Waals surface area contributed by atoms with Crippen LogP contribution in [0.2, 0.25) is 0 Å². The minimum absolute atomic E-state index is 0.00645. The number of ether oxygens (including phenoxy) is 1. The zero-order valence-corrected chi connectivity index (χ0v) is 15.7. The molecule has 3 aromatic rings. The van der Waals surface area contributed by atoms with Crippen LogP contribution in [0.4, 0.5) is 5.69 Å². The van der Waals surface area contributed by atoms with Gasteiger partial charge in [-0.3, -0.25) is 0 Å². The zero-order valence-electron chi connectivity index (χ0n) is 15.7. The third-order valence-corrected chi connectivity index (χ3v) is 5.25. The van der Waals surface area contributed by atoms with E-state index >= 15 is 0 Å². The van der Waals surface area contributed by atoms with Crippen LogP contribution in [0.25, 0.3) is 11.1 Å². The standard InChI is InChI=1S/C23H17NO6/c24-20-17(21(25)26)10-9-16(19(20)22(27)28)23(29)30-11-18-14-7-3-1-5-12(14)13-6-2-4-8-15(13)18/h1-10,18H,11,24H2,(H,25,26)(H,27,28). The molecule has 4 N–H and O–H groups in total. The Kier molecular flexibility index (Phi) is 4.71. The highest BCUT2D eigenvalue weighted by Crippen LogP contribution is 2.44. The maximum absolute atomic E-state index is 12.7. The smallest absolute Gasteiger partial charge is 0.339 e. The Morgan fingerprint density at radius 1 is 0.800 bits per heavy atom. The van der Waals surface area contributed by atoms with Crippen molar-refractivity contribution in [3.05, 3.63) is 88.5 Å². The van der Waals surface area contributed by atoms with Crippen LogP contribution in [0, 0.1) is 0 Å². The number of anilines is 1. The Morgan fingerprint density at radius 2 is 1.33 bits per heavy atom. The lowest BCUT2D eigenvalue weighted by molar-refractivity contribution is 0.0483. The van der Waals surface area contributed by atoms with Gasteiger partial charge in [-0.05, 0) is 34.4 Å². The lowest BCUT2D eigenvalue weighted by Gasteiger charge is -2.15. The quantitative estimate of drug-likeness (QED) is 0.438. The number of hydrogen-bond donors (Lipinski definition) is 3. The third kappa shape index (κ3) is 3.06. The van der Waals surface area contributed by atoms with Gasteiger partial charge < -0.3 is 20.7 Å². The number of fused-ring (bicyclic) bond motifs is 3. The molecule has 1 aliphatic carbocycles. The lowest BCUT2D eigenvalue weighted by Crippen LogP contribution is -2.18. The number of rotatable bonds is 5. The number of carbonyl (C=O) groups is 3. The number of nitrogens with two attached hydrogens (primary N) is 1. The average molecular weight is 403 g/mol. The summed E-state index contributed by atoms with van der Waals surface area (Å²) in [5, 5.41) is 18.6. The molecule has 30 heavy (non-hydrogen) atoms. The summed E-state index contributed by atoms with van der Waals surface area (Å²) in [6.07, 6.45) is 0. The van der Waals surface area contributed by atoms with E-state index in [1.54, 1.807) is 0 Å². The molecular weight excluding hydrogens is 386 g/mol. The molecule has 0 saturated carbocycles. The Morgan fingerprint density at radius 3 is 1.87 bits per heavy atom. The van der Waals surface area contributed by atoms with Crippen molar-refractivity contribution in [1.82, 2.24) is 0 Å². The molecule has 150 valence electrons. The van der Waals surface area contributed by atoms with E-state index < -0.39 is 29.2 Å². The fourth-order valence-electron chi connectivity index (χ4n) is 3.88. The van der Waals surface area contributed by atoms with Gasteiger partial charge in [-0.1, -0.05) is 48.5 Å². The molecule has 0 saturated heterocycles. The van der Waals surface area contributed by atoms with Crippen LogP contribution in [0.5, 0.6) is 0 Å². The summed E-state index contributed by atoms with van der Waals surface area (Å²) in [4.78, 5) is 35.5. The van der Waals surface area contributed by atoms with Gasteiger partial charge in [-0.2, -0.15) is 0 Å². The molecule has 0 unspecified atom stereocenters. The largest absolute Gasteiger partial charge is 0.478 e. The highest BCUT2D eigenvalue weighted by Gasteiger charge is 2.30. The van der Waals surface area contributed by atoms with Crippen molar-refractivity contribution in [3.8, 4) is 11.1 Å². The summed E-state index contributed by atoms with van der Waals surface area (Å²) in [6, 6.07) is 17.9. The average Bonchev–Trinajstić information content (AvgIpc) is 3.05.